The van der Waals surface area contributed by atoms with Crippen LogP contribution in [-0.2, 0) is 16.1 Å². The van der Waals surface area contributed by atoms with Crippen LogP contribution in [0.4, 0.5) is 25.0 Å². The van der Waals surface area contributed by atoms with Gasteiger partial charge in [-0.1, -0.05) is 36.3 Å². The van der Waals surface area contributed by atoms with Gasteiger partial charge in [0.1, 0.15) is 0 Å². The number of oxime groups is 1. The highest BCUT2D eigenvalue weighted by molar-refractivity contribution is 6.01. The number of carbonyl (C=O) groups is 1. The number of rotatable bonds is 8. The summed E-state index contributed by atoms with van der Waals surface area (Å²) < 4.78 is 33.6. The standard InChI is InChI=1S/C23H28F2N4O3/c1-5-22(24,25)23(31-4)14-20(28-32-23)17-8-6-16(7-9-17)15-26-21(30)27-18-10-12-19(13-11-18)29(2)3/h6-13H,5,14-15H2,1-4H3,(H2,26,27,30). The van der Waals surface area contributed by atoms with E-state index in [4.69, 9.17) is 9.57 Å². The maximum atomic E-state index is 14.3. The Morgan fingerprint density at radius 3 is 2.41 bits per heavy atom. The van der Waals surface area contributed by atoms with Crippen LogP contribution in [0.1, 0.15) is 30.9 Å². The third-order valence-electron chi connectivity index (χ3n) is 5.42. The highest BCUT2D eigenvalue weighted by Crippen LogP contribution is 2.42. The topological polar surface area (TPSA) is 75.2 Å². The fourth-order valence-electron chi connectivity index (χ4n) is 3.31. The molecule has 2 amide bonds. The molecule has 0 aliphatic carbocycles. The maximum Gasteiger partial charge on any atom is 0.319 e. The van der Waals surface area contributed by atoms with Gasteiger partial charge in [0.15, 0.2) is 0 Å². The predicted molar refractivity (Wildman–Crippen MR) is 120 cm³/mol. The Labute approximate surface area is 186 Å². The number of ether oxygens (including phenoxy) is 1. The number of alkyl halides is 2. The lowest BCUT2D eigenvalue weighted by molar-refractivity contribution is -0.318. The van der Waals surface area contributed by atoms with Crippen molar-refractivity contribution in [3.63, 3.8) is 0 Å². The van der Waals surface area contributed by atoms with E-state index in [0.717, 1.165) is 11.3 Å². The monoisotopic (exact) mass is 446 g/mol. The van der Waals surface area contributed by atoms with Gasteiger partial charge in [0, 0.05) is 45.5 Å². The van der Waals surface area contributed by atoms with Crippen molar-refractivity contribution >= 4 is 23.1 Å². The molecule has 0 spiro atoms. The van der Waals surface area contributed by atoms with Crippen molar-refractivity contribution < 1.29 is 23.1 Å². The molecule has 0 aromatic heterocycles. The highest BCUT2D eigenvalue weighted by Gasteiger charge is 2.59. The summed E-state index contributed by atoms with van der Waals surface area (Å²) in [4.78, 5) is 19.2. The minimum absolute atomic E-state index is 0.156. The van der Waals surface area contributed by atoms with Crippen molar-refractivity contribution in [2.75, 3.05) is 31.4 Å². The number of amides is 2. The van der Waals surface area contributed by atoms with Crippen molar-refractivity contribution in [1.82, 2.24) is 5.32 Å². The Kier molecular flexibility index (Phi) is 6.98. The first-order valence-corrected chi connectivity index (χ1v) is 10.3. The van der Waals surface area contributed by atoms with E-state index in [1.54, 1.807) is 24.3 Å². The average molecular weight is 446 g/mol. The van der Waals surface area contributed by atoms with Crippen molar-refractivity contribution in [3.8, 4) is 0 Å². The van der Waals surface area contributed by atoms with Crippen LogP contribution in [0.3, 0.4) is 0 Å². The number of hydrogen-bond donors (Lipinski definition) is 2. The number of benzene rings is 2. The number of methoxy groups -OCH3 is 1. The van der Waals surface area contributed by atoms with Gasteiger partial charge in [-0.05, 0) is 35.4 Å². The van der Waals surface area contributed by atoms with Crippen LogP contribution in [0.15, 0.2) is 53.7 Å². The second kappa shape index (κ2) is 9.52. The lowest BCUT2D eigenvalue weighted by Gasteiger charge is -2.32. The number of nitrogens with one attached hydrogen (secondary N) is 2. The normalized spacial score (nSPS) is 18.0. The number of nitrogens with zero attached hydrogens (tertiary/aromatic N) is 2. The molecule has 0 saturated heterocycles. The third kappa shape index (κ3) is 4.99. The molecule has 1 unspecified atom stereocenters. The van der Waals surface area contributed by atoms with Crippen molar-refractivity contribution in [2.45, 2.75) is 38.0 Å². The van der Waals surface area contributed by atoms with E-state index in [0.29, 0.717) is 23.5 Å². The maximum absolute atomic E-state index is 14.3. The Balaban J connectivity index is 1.54. The van der Waals surface area contributed by atoms with E-state index in [-0.39, 0.29) is 12.5 Å². The van der Waals surface area contributed by atoms with E-state index < -0.39 is 18.1 Å². The fraction of sp³-hybridized carbons (Fsp3) is 0.391. The Morgan fingerprint density at radius 2 is 1.84 bits per heavy atom. The SMILES string of the molecule is CCC(F)(F)C1(OC)CC(c2ccc(CNC(=O)Nc3ccc(N(C)C)cc3)cc2)=NO1. The molecule has 1 aliphatic heterocycles. The van der Waals surface area contributed by atoms with Gasteiger partial charge in [-0.15, -0.1) is 0 Å². The zero-order chi connectivity index (χ0) is 23.4. The summed E-state index contributed by atoms with van der Waals surface area (Å²) in [5.74, 6) is -5.25. The van der Waals surface area contributed by atoms with Crippen LogP contribution >= 0.6 is 0 Å². The zero-order valence-electron chi connectivity index (χ0n) is 18.6. The van der Waals surface area contributed by atoms with Crippen LogP contribution < -0.4 is 15.5 Å². The molecule has 32 heavy (non-hydrogen) atoms. The number of carbonyl (C=O) groups excluding carboxylic acids is 1. The summed E-state index contributed by atoms with van der Waals surface area (Å²) in [6, 6.07) is 14.3. The Bertz CT molecular complexity index is 962. The molecule has 172 valence electrons. The summed E-state index contributed by atoms with van der Waals surface area (Å²) in [5.41, 5.74) is 3.62. The van der Waals surface area contributed by atoms with Crippen LogP contribution in [0, 0.1) is 0 Å². The molecular formula is C23H28F2N4O3. The molecule has 0 radical (unpaired) electrons. The largest absolute Gasteiger partial charge is 0.378 e. The van der Waals surface area contributed by atoms with E-state index in [1.165, 1.54) is 14.0 Å². The molecule has 2 aromatic carbocycles. The van der Waals surface area contributed by atoms with Gasteiger partial charge in [-0.3, -0.25) is 0 Å². The predicted octanol–water partition coefficient (Wildman–Crippen LogP) is 4.59. The summed E-state index contributed by atoms with van der Waals surface area (Å²) >= 11 is 0. The Morgan fingerprint density at radius 1 is 1.19 bits per heavy atom. The molecule has 1 aliphatic rings. The zero-order valence-corrected chi connectivity index (χ0v) is 18.6. The van der Waals surface area contributed by atoms with Gasteiger partial charge < -0.3 is 25.1 Å². The molecule has 9 heteroatoms. The molecule has 3 rings (SSSR count). The summed E-state index contributed by atoms with van der Waals surface area (Å²) in [5, 5.41) is 9.41. The van der Waals surface area contributed by atoms with Crippen LogP contribution in [0.25, 0.3) is 0 Å². The molecule has 7 nitrogen and oxygen atoms in total. The minimum Gasteiger partial charge on any atom is -0.378 e. The molecule has 2 aromatic rings. The van der Waals surface area contributed by atoms with Gasteiger partial charge in [-0.25, -0.2) is 4.79 Å². The van der Waals surface area contributed by atoms with E-state index in [9.17, 15) is 13.6 Å². The highest BCUT2D eigenvalue weighted by atomic mass is 19.3. The molecule has 1 atom stereocenters. The number of anilines is 2. The molecule has 0 saturated carbocycles. The van der Waals surface area contributed by atoms with Crippen molar-refractivity contribution in [3.05, 3.63) is 59.7 Å². The lowest BCUT2D eigenvalue weighted by Crippen LogP contribution is -2.49. The second-order valence-corrected chi connectivity index (χ2v) is 7.77. The molecule has 2 N–H and O–H groups in total. The van der Waals surface area contributed by atoms with Gasteiger partial charge in [0.05, 0.1) is 12.1 Å². The van der Waals surface area contributed by atoms with Crippen LogP contribution in [0.5, 0.6) is 0 Å². The van der Waals surface area contributed by atoms with Gasteiger partial charge >= 0.3 is 17.7 Å². The number of urea groups is 1. The fourth-order valence-corrected chi connectivity index (χ4v) is 3.31. The minimum atomic E-state index is -3.17. The number of halogens is 2. The molecule has 1 heterocycles. The number of hydrogen-bond acceptors (Lipinski definition) is 5. The average Bonchev–Trinajstić information content (AvgIpc) is 3.25. The first kappa shape index (κ1) is 23.5. The first-order chi connectivity index (χ1) is 15.2. The summed E-state index contributed by atoms with van der Waals surface area (Å²) in [7, 11) is 5.08. The smallest absolute Gasteiger partial charge is 0.319 e. The van der Waals surface area contributed by atoms with Gasteiger partial charge in [0.25, 0.3) is 0 Å². The first-order valence-electron chi connectivity index (χ1n) is 10.3. The summed E-state index contributed by atoms with van der Waals surface area (Å²) in [6.07, 6.45) is -0.576. The molecular weight excluding hydrogens is 418 g/mol. The van der Waals surface area contributed by atoms with E-state index in [1.807, 2.05) is 43.3 Å². The lowest BCUT2D eigenvalue weighted by atomic mass is 9.96. The Hall–Kier alpha value is -3.20. The van der Waals surface area contributed by atoms with Crippen LogP contribution in [-0.4, -0.2) is 44.7 Å². The molecule has 0 fully saturated rings. The quantitative estimate of drug-likeness (QED) is 0.622. The van der Waals surface area contributed by atoms with Crippen molar-refractivity contribution in [1.29, 1.82) is 0 Å². The van der Waals surface area contributed by atoms with E-state index in [2.05, 4.69) is 15.8 Å². The van der Waals surface area contributed by atoms with E-state index >= 15 is 0 Å². The summed E-state index contributed by atoms with van der Waals surface area (Å²) in [6.45, 7) is 1.68. The third-order valence-corrected chi connectivity index (χ3v) is 5.42. The van der Waals surface area contributed by atoms with Gasteiger partial charge in [0.2, 0.25) is 0 Å². The second-order valence-electron chi connectivity index (χ2n) is 7.77. The molecule has 0 bridgehead atoms. The van der Waals surface area contributed by atoms with Crippen molar-refractivity contribution in [2.24, 2.45) is 5.16 Å². The van der Waals surface area contributed by atoms with Gasteiger partial charge in [-0.2, -0.15) is 8.78 Å². The van der Waals surface area contributed by atoms with Crippen LogP contribution in [0.2, 0.25) is 0 Å².